The molecule has 0 aliphatic carbocycles. The fraction of sp³-hybridized carbons (Fsp3) is 0.345. The van der Waals surface area contributed by atoms with Crippen LogP contribution in [-0.4, -0.2) is 24.2 Å². The molecule has 0 heterocycles. The van der Waals surface area contributed by atoms with Crippen molar-refractivity contribution in [3.8, 4) is 0 Å². The average molecular weight is 451 g/mol. The molecule has 33 heavy (non-hydrogen) atoms. The third-order valence-corrected chi connectivity index (χ3v) is 4.55. The highest BCUT2D eigenvalue weighted by Crippen LogP contribution is 2.28. The number of carbonyl (C=O) groups is 1. The predicted octanol–water partition coefficient (Wildman–Crippen LogP) is 6.64. The zero-order valence-electron chi connectivity index (χ0n) is 21.0. The van der Waals surface area contributed by atoms with E-state index in [4.69, 9.17) is 5.73 Å². The van der Waals surface area contributed by atoms with E-state index in [1.807, 2.05) is 112 Å². The summed E-state index contributed by atoms with van der Waals surface area (Å²) in [6.07, 6.45) is 1.25. The highest BCUT2D eigenvalue weighted by Gasteiger charge is 2.29. The minimum absolute atomic E-state index is 0.159. The molecular formula is C29H42N2O2. The summed E-state index contributed by atoms with van der Waals surface area (Å²) in [5.41, 5.74) is 8.80. The molecule has 3 aromatic rings. The van der Waals surface area contributed by atoms with Crippen LogP contribution in [0.1, 0.15) is 69.7 Å². The monoisotopic (exact) mass is 450 g/mol. The Morgan fingerprint density at radius 3 is 1.30 bits per heavy atom. The molecule has 0 bridgehead atoms. The molecule has 2 unspecified atom stereocenters. The number of nitrogens with two attached hydrogens (primary N) is 1. The first kappa shape index (κ1) is 30.0. The SMILES string of the molecule is CC.CC(N)c1ccccc1.CCC.CNC(C(=O)O)C(c1ccccc1)c1ccccc1. The van der Waals surface area contributed by atoms with Crippen LogP contribution in [0.15, 0.2) is 91.0 Å². The first-order valence-electron chi connectivity index (χ1n) is 11.8. The first-order chi connectivity index (χ1) is 16.0. The molecule has 4 heteroatoms. The second-order valence-electron chi connectivity index (χ2n) is 7.31. The van der Waals surface area contributed by atoms with Gasteiger partial charge in [0.05, 0.1) is 0 Å². The van der Waals surface area contributed by atoms with Crippen molar-refractivity contribution in [1.29, 1.82) is 0 Å². The van der Waals surface area contributed by atoms with E-state index in [1.54, 1.807) is 7.05 Å². The summed E-state index contributed by atoms with van der Waals surface area (Å²) in [6, 6.07) is 29.0. The summed E-state index contributed by atoms with van der Waals surface area (Å²) in [6.45, 7) is 10.2. The zero-order valence-corrected chi connectivity index (χ0v) is 21.0. The number of hydrogen-bond donors (Lipinski definition) is 3. The van der Waals surface area contributed by atoms with Crippen LogP contribution in [-0.2, 0) is 4.79 Å². The van der Waals surface area contributed by atoms with Gasteiger partial charge in [0.2, 0.25) is 0 Å². The van der Waals surface area contributed by atoms with Gasteiger partial charge >= 0.3 is 5.97 Å². The van der Waals surface area contributed by atoms with Crippen LogP contribution in [0.2, 0.25) is 0 Å². The van der Waals surface area contributed by atoms with Crippen molar-refractivity contribution in [3.63, 3.8) is 0 Å². The van der Waals surface area contributed by atoms with Crippen molar-refractivity contribution in [2.45, 2.75) is 59.0 Å². The van der Waals surface area contributed by atoms with Crippen LogP contribution < -0.4 is 11.1 Å². The van der Waals surface area contributed by atoms with Gasteiger partial charge in [0.25, 0.3) is 0 Å². The zero-order chi connectivity index (χ0) is 25.1. The fourth-order valence-corrected chi connectivity index (χ4v) is 3.09. The van der Waals surface area contributed by atoms with Crippen LogP contribution in [0.25, 0.3) is 0 Å². The molecule has 0 saturated carbocycles. The Bertz CT molecular complexity index is 798. The molecule has 3 rings (SSSR count). The lowest BCUT2D eigenvalue weighted by atomic mass is 9.85. The van der Waals surface area contributed by atoms with Gasteiger partial charge in [0.15, 0.2) is 0 Å². The number of hydrogen-bond acceptors (Lipinski definition) is 3. The molecule has 0 aliphatic rings. The molecule has 0 radical (unpaired) electrons. The summed E-state index contributed by atoms with van der Waals surface area (Å²) < 4.78 is 0. The molecule has 0 fully saturated rings. The highest BCUT2D eigenvalue weighted by atomic mass is 16.4. The molecule has 3 aromatic carbocycles. The number of nitrogens with one attached hydrogen (secondary N) is 1. The second-order valence-corrected chi connectivity index (χ2v) is 7.31. The van der Waals surface area contributed by atoms with E-state index in [2.05, 4.69) is 19.2 Å². The Kier molecular flexibility index (Phi) is 16.9. The number of rotatable bonds is 6. The van der Waals surface area contributed by atoms with Crippen molar-refractivity contribution in [1.82, 2.24) is 5.32 Å². The Morgan fingerprint density at radius 2 is 1.09 bits per heavy atom. The summed E-state index contributed by atoms with van der Waals surface area (Å²) >= 11 is 0. The summed E-state index contributed by atoms with van der Waals surface area (Å²) in [7, 11) is 1.68. The molecule has 0 aliphatic heterocycles. The lowest BCUT2D eigenvalue weighted by Crippen LogP contribution is -2.40. The van der Waals surface area contributed by atoms with Crippen LogP contribution >= 0.6 is 0 Å². The van der Waals surface area contributed by atoms with Gasteiger partial charge in [-0.2, -0.15) is 0 Å². The van der Waals surface area contributed by atoms with Gasteiger partial charge in [0.1, 0.15) is 6.04 Å². The van der Waals surface area contributed by atoms with Gasteiger partial charge in [-0.1, -0.05) is 125 Å². The van der Waals surface area contributed by atoms with E-state index in [1.165, 1.54) is 12.0 Å². The molecule has 2 atom stereocenters. The van der Waals surface area contributed by atoms with Gasteiger partial charge < -0.3 is 16.2 Å². The summed E-state index contributed by atoms with van der Waals surface area (Å²) in [5, 5.41) is 12.3. The average Bonchev–Trinajstić information content (AvgIpc) is 2.86. The normalized spacial score (nSPS) is 11.4. The lowest BCUT2D eigenvalue weighted by Gasteiger charge is -2.24. The van der Waals surface area contributed by atoms with Crippen molar-refractivity contribution < 1.29 is 9.90 Å². The number of carboxylic acids is 1. The van der Waals surface area contributed by atoms with Gasteiger partial charge in [-0.3, -0.25) is 4.79 Å². The number of likely N-dealkylation sites (N-methyl/N-ethyl adjacent to an activating group) is 1. The molecule has 0 aromatic heterocycles. The van der Waals surface area contributed by atoms with E-state index < -0.39 is 12.0 Å². The Labute approximate surface area is 200 Å². The van der Waals surface area contributed by atoms with E-state index in [0.29, 0.717) is 0 Å². The third kappa shape index (κ3) is 11.5. The van der Waals surface area contributed by atoms with Crippen LogP contribution in [0.4, 0.5) is 0 Å². The first-order valence-corrected chi connectivity index (χ1v) is 11.8. The van der Waals surface area contributed by atoms with Gasteiger partial charge in [-0.15, -0.1) is 0 Å². The van der Waals surface area contributed by atoms with Crippen molar-refractivity contribution >= 4 is 5.97 Å². The maximum Gasteiger partial charge on any atom is 0.321 e. The van der Waals surface area contributed by atoms with Crippen molar-refractivity contribution in [2.75, 3.05) is 7.05 Å². The fourth-order valence-electron chi connectivity index (χ4n) is 3.09. The second kappa shape index (κ2) is 18.6. The molecule has 0 spiro atoms. The van der Waals surface area contributed by atoms with Crippen molar-refractivity contribution in [3.05, 3.63) is 108 Å². The number of carboxylic acid groups (broad SMARTS) is 1. The Morgan fingerprint density at radius 1 is 0.788 bits per heavy atom. The van der Waals surface area contributed by atoms with Crippen LogP contribution in [0, 0.1) is 0 Å². The highest BCUT2D eigenvalue weighted by molar-refractivity contribution is 5.76. The van der Waals surface area contributed by atoms with Crippen LogP contribution in [0.5, 0.6) is 0 Å². The van der Waals surface area contributed by atoms with E-state index in [0.717, 1.165) is 11.1 Å². The van der Waals surface area contributed by atoms with E-state index >= 15 is 0 Å². The maximum atomic E-state index is 11.5. The van der Waals surface area contributed by atoms with Crippen molar-refractivity contribution in [2.24, 2.45) is 5.73 Å². The Hall–Kier alpha value is -2.95. The molecule has 4 N–H and O–H groups in total. The van der Waals surface area contributed by atoms with E-state index in [9.17, 15) is 9.90 Å². The predicted molar refractivity (Wildman–Crippen MR) is 142 cm³/mol. The van der Waals surface area contributed by atoms with E-state index in [-0.39, 0.29) is 12.0 Å². The van der Waals surface area contributed by atoms with Gasteiger partial charge in [0, 0.05) is 12.0 Å². The lowest BCUT2D eigenvalue weighted by molar-refractivity contribution is -0.139. The third-order valence-electron chi connectivity index (χ3n) is 4.55. The van der Waals surface area contributed by atoms with Crippen LogP contribution in [0.3, 0.4) is 0 Å². The standard InChI is InChI=1S/C16H17NO2.C8H11N.C3H8.C2H6/c1-17-15(16(18)19)14(12-8-4-2-5-9-12)13-10-6-3-7-11-13;1-7(9)8-5-3-2-4-6-8;1-3-2;1-2/h2-11,14-15,17H,1H3,(H,18,19);2-7H,9H2,1H3;3H2,1-2H3;1-2H3. The smallest absolute Gasteiger partial charge is 0.321 e. The minimum atomic E-state index is -0.847. The quantitative estimate of drug-likeness (QED) is 0.393. The topological polar surface area (TPSA) is 75.3 Å². The molecule has 0 amide bonds. The van der Waals surface area contributed by atoms with Gasteiger partial charge in [-0.05, 0) is 30.7 Å². The number of aliphatic carboxylic acids is 1. The maximum absolute atomic E-state index is 11.5. The summed E-state index contributed by atoms with van der Waals surface area (Å²) in [5.74, 6) is -1.05. The largest absolute Gasteiger partial charge is 0.480 e. The number of benzene rings is 3. The molecular weight excluding hydrogens is 408 g/mol. The summed E-state index contributed by atoms with van der Waals surface area (Å²) in [4.78, 5) is 11.5. The molecule has 4 nitrogen and oxygen atoms in total. The molecule has 0 saturated heterocycles. The molecule has 180 valence electrons. The Balaban J connectivity index is 0.000000609. The minimum Gasteiger partial charge on any atom is -0.480 e. The van der Waals surface area contributed by atoms with Gasteiger partial charge in [-0.25, -0.2) is 0 Å².